The molecular formula is C11H20O2. The second-order valence-corrected chi connectivity index (χ2v) is 4.70. The number of rotatable bonds is 3. The Morgan fingerprint density at radius 3 is 2.77 bits per heavy atom. The Morgan fingerprint density at radius 2 is 2.23 bits per heavy atom. The number of hydrogen-bond acceptors (Lipinski definition) is 2. The fraction of sp³-hybridized carbons (Fsp3) is 0.909. The molecule has 0 aromatic rings. The van der Waals surface area contributed by atoms with Gasteiger partial charge in [0, 0.05) is 12.8 Å². The zero-order valence-electron chi connectivity index (χ0n) is 8.93. The van der Waals surface area contributed by atoms with Crippen LogP contribution < -0.4 is 0 Å². The van der Waals surface area contributed by atoms with Crippen molar-refractivity contribution in [1.82, 2.24) is 0 Å². The largest absolute Gasteiger partial charge is 0.374 e. The quantitative estimate of drug-likeness (QED) is 0.673. The minimum atomic E-state index is -0.167. The van der Waals surface area contributed by atoms with Crippen molar-refractivity contribution in [3.63, 3.8) is 0 Å². The third-order valence-corrected chi connectivity index (χ3v) is 2.65. The van der Waals surface area contributed by atoms with Crippen LogP contribution in [0.4, 0.5) is 0 Å². The normalized spacial score (nSPS) is 29.7. The van der Waals surface area contributed by atoms with Gasteiger partial charge in [-0.2, -0.15) is 0 Å². The molecule has 1 aliphatic heterocycles. The van der Waals surface area contributed by atoms with E-state index in [0.29, 0.717) is 31.1 Å². The molecule has 0 aromatic heterocycles. The lowest BCUT2D eigenvalue weighted by molar-refractivity contribution is -0.138. The smallest absolute Gasteiger partial charge is 0.138 e. The second-order valence-electron chi connectivity index (χ2n) is 4.70. The summed E-state index contributed by atoms with van der Waals surface area (Å²) >= 11 is 0. The molecule has 1 atom stereocenters. The molecule has 0 radical (unpaired) electrons. The SMILES string of the molecule is CC(C)CCC1(C)CC(=O)CCO1. The molecule has 0 amide bonds. The van der Waals surface area contributed by atoms with Crippen LogP contribution in [0.15, 0.2) is 0 Å². The predicted octanol–water partition coefficient (Wildman–Crippen LogP) is 2.56. The molecule has 0 aliphatic carbocycles. The maximum absolute atomic E-state index is 11.2. The van der Waals surface area contributed by atoms with Gasteiger partial charge in [0.25, 0.3) is 0 Å². The molecule has 0 spiro atoms. The van der Waals surface area contributed by atoms with Crippen molar-refractivity contribution in [2.75, 3.05) is 6.61 Å². The van der Waals surface area contributed by atoms with Crippen LogP contribution in [0.25, 0.3) is 0 Å². The Balaban J connectivity index is 2.40. The molecule has 2 nitrogen and oxygen atoms in total. The van der Waals surface area contributed by atoms with Gasteiger partial charge >= 0.3 is 0 Å². The van der Waals surface area contributed by atoms with Gasteiger partial charge in [0.05, 0.1) is 12.2 Å². The van der Waals surface area contributed by atoms with Gasteiger partial charge in [0.2, 0.25) is 0 Å². The molecule has 0 N–H and O–H groups in total. The van der Waals surface area contributed by atoms with E-state index in [1.165, 1.54) is 0 Å². The van der Waals surface area contributed by atoms with E-state index in [4.69, 9.17) is 4.74 Å². The summed E-state index contributed by atoms with van der Waals surface area (Å²) in [4.78, 5) is 11.2. The van der Waals surface area contributed by atoms with Crippen molar-refractivity contribution in [1.29, 1.82) is 0 Å². The first-order valence-corrected chi connectivity index (χ1v) is 5.17. The summed E-state index contributed by atoms with van der Waals surface area (Å²) in [7, 11) is 0. The molecule has 0 saturated carbocycles. The third-order valence-electron chi connectivity index (χ3n) is 2.65. The van der Waals surface area contributed by atoms with Crippen molar-refractivity contribution in [2.24, 2.45) is 5.92 Å². The lowest BCUT2D eigenvalue weighted by Gasteiger charge is -2.33. The zero-order chi connectivity index (χ0) is 9.90. The first-order valence-electron chi connectivity index (χ1n) is 5.17. The van der Waals surface area contributed by atoms with Crippen LogP contribution >= 0.6 is 0 Å². The summed E-state index contributed by atoms with van der Waals surface area (Å²) < 4.78 is 5.67. The molecule has 2 heteroatoms. The molecular weight excluding hydrogens is 164 g/mol. The third kappa shape index (κ3) is 3.47. The highest BCUT2D eigenvalue weighted by Gasteiger charge is 2.31. The van der Waals surface area contributed by atoms with Gasteiger partial charge in [-0.15, -0.1) is 0 Å². The Bertz CT molecular complexity index is 187. The van der Waals surface area contributed by atoms with Crippen LogP contribution in [0.3, 0.4) is 0 Å². The molecule has 13 heavy (non-hydrogen) atoms. The Morgan fingerprint density at radius 1 is 1.54 bits per heavy atom. The summed E-state index contributed by atoms with van der Waals surface area (Å²) in [5.41, 5.74) is -0.167. The van der Waals surface area contributed by atoms with Crippen LogP contribution in [0, 0.1) is 5.92 Å². The van der Waals surface area contributed by atoms with Gasteiger partial charge in [-0.1, -0.05) is 13.8 Å². The number of Topliss-reactive ketones (excluding diaryl/α,β-unsaturated/α-hetero) is 1. The fourth-order valence-electron chi connectivity index (χ4n) is 1.72. The van der Waals surface area contributed by atoms with Crippen LogP contribution in [0.5, 0.6) is 0 Å². The molecule has 76 valence electrons. The zero-order valence-corrected chi connectivity index (χ0v) is 8.93. The summed E-state index contributed by atoms with van der Waals surface area (Å²) in [6, 6.07) is 0. The fourth-order valence-corrected chi connectivity index (χ4v) is 1.72. The van der Waals surface area contributed by atoms with E-state index in [1.54, 1.807) is 0 Å². The van der Waals surface area contributed by atoms with E-state index >= 15 is 0 Å². The first-order chi connectivity index (χ1) is 6.02. The van der Waals surface area contributed by atoms with E-state index in [0.717, 1.165) is 12.8 Å². The van der Waals surface area contributed by atoms with Gasteiger partial charge in [-0.25, -0.2) is 0 Å². The Labute approximate surface area is 80.7 Å². The number of hydrogen-bond donors (Lipinski definition) is 0. The number of carbonyl (C=O) groups excluding carboxylic acids is 1. The van der Waals surface area contributed by atoms with Gasteiger partial charge in [-0.3, -0.25) is 4.79 Å². The van der Waals surface area contributed by atoms with Crippen LogP contribution in [-0.2, 0) is 9.53 Å². The Hall–Kier alpha value is -0.370. The van der Waals surface area contributed by atoms with Gasteiger partial charge < -0.3 is 4.74 Å². The average Bonchev–Trinajstić information content (AvgIpc) is 2.01. The van der Waals surface area contributed by atoms with Crippen molar-refractivity contribution < 1.29 is 9.53 Å². The Kier molecular flexibility index (Phi) is 3.48. The molecule has 0 bridgehead atoms. The predicted molar refractivity (Wildman–Crippen MR) is 52.7 cm³/mol. The minimum Gasteiger partial charge on any atom is -0.374 e. The van der Waals surface area contributed by atoms with E-state index in [-0.39, 0.29) is 5.60 Å². The molecule has 1 aliphatic rings. The van der Waals surface area contributed by atoms with Crippen LogP contribution in [0.2, 0.25) is 0 Å². The van der Waals surface area contributed by atoms with Crippen molar-refractivity contribution in [3.05, 3.63) is 0 Å². The highest BCUT2D eigenvalue weighted by atomic mass is 16.5. The highest BCUT2D eigenvalue weighted by molar-refractivity contribution is 5.80. The molecule has 1 rings (SSSR count). The van der Waals surface area contributed by atoms with Crippen molar-refractivity contribution in [3.8, 4) is 0 Å². The standard InChI is InChI=1S/C11H20O2/c1-9(2)4-6-11(3)8-10(12)5-7-13-11/h9H,4-8H2,1-3H3. The van der Waals surface area contributed by atoms with Crippen LogP contribution in [-0.4, -0.2) is 18.0 Å². The maximum Gasteiger partial charge on any atom is 0.138 e. The maximum atomic E-state index is 11.2. The molecule has 1 fully saturated rings. The number of ketones is 1. The van der Waals surface area contributed by atoms with Gasteiger partial charge in [0.1, 0.15) is 5.78 Å². The lowest BCUT2D eigenvalue weighted by atomic mass is 9.88. The molecule has 1 unspecified atom stereocenters. The topological polar surface area (TPSA) is 26.3 Å². The van der Waals surface area contributed by atoms with E-state index in [1.807, 2.05) is 0 Å². The van der Waals surface area contributed by atoms with E-state index in [2.05, 4.69) is 20.8 Å². The number of carbonyl (C=O) groups is 1. The van der Waals surface area contributed by atoms with E-state index < -0.39 is 0 Å². The average molecular weight is 184 g/mol. The van der Waals surface area contributed by atoms with Gasteiger partial charge in [-0.05, 0) is 25.7 Å². The van der Waals surface area contributed by atoms with Crippen molar-refractivity contribution >= 4 is 5.78 Å². The highest BCUT2D eigenvalue weighted by Crippen LogP contribution is 2.28. The van der Waals surface area contributed by atoms with Crippen molar-refractivity contribution in [2.45, 2.75) is 52.1 Å². The summed E-state index contributed by atoms with van der Waals surface area (Å²) in [5.74, 6) is 1.05. The monoisotopic (exact) mass is 184 g/mol. The molecule has 1 heterocycles. The minimum absolute atomic E-state index is 0.167. The summed E-state index contributed by atoms with van der Waals surface area (Å²) in [6.07, 6.45) is 3.37. The van der Waals surface area contributed by atoms with E-state index in [9.17, 15) is 4.79 Å². The number of ether oxygens (including phenoxy) is 1. The van der Waals surface area contributed by atoms with Crippen LogP contribution in [0.1, 0.15) is 46.5 Å². The first kappa shape index (κ1) is 10.7. The lowest BCUT2D eigenvalue weighted by Crippen LogP contribution is -2.37. The summed E-state index contributed by atoms with van der Waals surface area (Å²) in [5, 5.41) is 0. The second kappa shape index (κ2) is 4.23. The molecule has 0 aromatic carbocycles. The molecule has 1 saturated heterocycles. The van der Waals surface area contributed by atoms with Gasteiger partial charge in [0.15, 0.2) is 0 Å². The summed E-state index contributed by atoms with van der Waals surface area (Å²) in [6.45, 7) is 7.09.